The summed E-state index contributed by atoms with van der Waals surface area (Å²) in [7, 11) is -3.76. The van der Waals surface area contributed by atoms with Gasteiger partial charge in [-0.3, -0.25) is 0 Å². The van der Waals surface area contributed by atoms with Crippen molar-refractivity contribution in [2.24, 2.45) is 5.92 Å². The summed E-state index contributed by atoms with van der Waals surface area (Å²) in [6, 6.07) is 5.07. The number of benzene rings is 1. The van der Waals surface area contributed by atoms with E-state index in [4.69, 9.17) is 4.74 Å². The van der Waals surface area contributed by atoms with Crippen molar-refractivity contribution in [3.8, 4) is 0 Å². The Bertz CT molecular complexity index is 879. The number of hydrogen-bond acceptors (Lipinski definition) is 5. The molecule has 1 aliphatic heterocycles. The van der Waals surface area contributed by atoms with Gasteiger partial charge in [-0.05, 0) is 37.0 Å². The molecule has 25 heavy (non-hydrogen) atoms. The fourth-order valence-corrected chi connectivity index (χ4v) is 4.30. The summed E-state index contributed by atoms with van der Waals surface area (Å²) in [5.41, 5.74) is 1.40. The zero-order valence-electron chi connectivity index (χ0n) is 13.6. The highest BCUT2D eigenvalue weighted by atomic mass is 32.2. The highest BCUT2D eigenvalue weighted by Gasteiger charge is 2.31. The van der Waals surface area contributed by atoms with E-state index in [2.05, 4.69) is 10.3 Å². The SMILES string of the molecule is O=S(=O)(c1cccc(F)c1)N1CCn2nnc(COCC3CC3)c2C1. The summed E-state index contributed by atoms with van der Waals surface area (Å²) < 4.78 is 47.7. The molecule has 1 aromatic heterocycles. The van der Waals surface area contributed by atoms with Gasteiger partial charge in [-0.25, -0.2) is 17.5 Å². The van der Waals surface area contributed by atoms with Crippen molar-refractivity contribution in [1.29, 1.82) is 0 Å². The lowest BCUT2D eigenvalue weighted by molar-refractivity contribution is 0.107. The molecule has 1 aliphatic carbocycles. The van der Waals surface area contributed by atoms with Crippen molar-refractivity contribution < 1.29 is 17.5 Å². The average Bonchev–Trinajstić information content (AvgIpc) is 3.34. The Morgan fingerprint density at radius 3 is 2.88 bits per heavy atom. The van der Waals surface area contributed by atoms with Crippen LogP contribution in [0, 0.1) is 11.7 Å². The zero-order valence-corrected chi connectivity index (χ0v) is 14.5. The lowest BCUT2D eigenvalue weighted by Crippen LogP contribution is -2.38. The van der Waals surface area contributed by atoms with Gasteiger partial charge in [0.15, 0.2) is 0 Å². The van der Waals surface area contributed by atoms with Crippen molar-refractivity contribution in [1.82, 2.24) is 19.3 Å². The molecule has 1 saturated carbocycles. The minimum atomic E-state index is -3.76. The second kappa shape index (κ2) is 6.47. The molecule has 0 amide bonds. The zero-order chi connectivity index (χ0) is 17.4. The van der Waals surface area contributed by atoms with Crippen LogP contribution in [0.3, 0.4) is 0 Å². The maximum absolute atomic E-state index is 13.4. The van der Waals surface area contributed by atoms with E-state index in [9.17, 15) is 12.8 Å². The van der Waals surface area contributed by atoms with E-state index in [0.29, 0.717) is 31.4 Å². The second-order valence-electron chi connectivity index (χ2n) is 6.46. The Morgan fingerprint density at radius 2 is 2.12 bits per heavy atom. The number of hydrogen-bond donors (Lipinski definition) is 0. The standard InChI is InChI=1S/C16H19FN4O3S/c17-13-2-1-3-14(8-13)25(22,23)20-6-7-21-16(9-20)15(18-19-21)11-24-10-12-4-5-12/h1-3,8,12H,4-7,9-11H2. The minimum absolute atomic E-state index is 0.0417. The van der Waals surface area contributed by atoms with Crippen LogP contribution in [0.1, 0.15) is 24.2 Å². The highest BCUT2D eigenvalue weighted by molar-refractivity contribution is 7.89. The molecular formula is C16H19FN4O3S. The third-order valence-corrected chi connectivity index (χ3v) is 6.37. The molecule has 1 fully saturated rings. The summed E-state index contributed by atoms with van der Waals surface area (Å²) in [4.78, 5) is -0.0417. The number of ether oxygens (including phenoxy) is 1. The van der Waals surface area contributed by atoms with Gasteiger partial charge in [0.25, 0.3) is 0 Å². The lowest BCUT2D eigenvalue weighted by atomic mass is 10.3. The third kappa shape index (κ3) is 3.44. The van der Waals surface area contributed by atoms with Crippen LogP contribution in [0.4, 0.5) is 4.39 Å². The van der Waals surface area contributed by atoms with Crippen molar-refractivity contribution in [3.05, 3.63) is 41.5 Å². The third-order valence-electron chi connectivity index (χ3n) is 4.53. The van der Waals surface area contributed by atoms with Gasteiger partial charge in [-0.1, -0.05) is 11.3 Å². The monoisotopic (exact) mass is 366 g/mol. The van der Waals surface area contributed by atoms with Crippen LogP contribution in [0.15, 0.2) is 29.2 Å². The van der Waals surface area contributed by atoms with Gasteiger partial charge in [0, 0.05) is 13.2 Å². The Labute approximate surface area is 145 Å². The van der Waals surface area contributed by atoms with Crippen molar-refractivity contribution in [2.75, 3.05) is 13.2 Å². The van der Waals surface area contributed by atoms with Gasteiger partial charge in [0.05, 0.1) is 30.3 Å². The molecule has 7 nitrogen and oxygen atoms in total. The Hall–Kier alpha value is -1.84. The fourth-order valence-electron chi connectivity index (χ4n) is 2.87. The Kier molecular flexibility index (Phi) is 4.30. The van der Waals surface area contributed by atoms with E-state index in [-0.39, 0.29) is 18.0 Å². The first-order valence-corrected chi connectivity index (χ1v) is 9.73. The molecule has 0 atom stereocenters. The van der Waals surface area contributed by atoms with Gasteiger partial charge in [0.1, 0.15) is 11.5 Å². The minimum Gasteiger partial charge on any atom is -0.375 e. The van der Waals surface area contributed by atoms with Crippen LogP contribution in [0.25, 0.3) is 0 Å². The molecule has 0 bridgehead atoms. The Balaban J connectivity index is 1.52. The molecule has 9 heteroatoms. The van der Waals surface area contributed by atoms with Crippen LogP contribution in [-0.2, 0) is 34.5 Å². The fraction of sp³-hybridized carbons (Fsp3) is 0.500. The van der Waals surface area contributed by atoms with Crippen LogP contribution < -0.4 is 0 Å². The molecule has 0 N–H and O–H groups in total. The predicted molar refractivity (Wildman–Crippen MR) is 86.4 cm³/mol. The van der Waals surface area contributed by atoms with Crippen LogP contribution >= 0.6 is 0 Å². The number of halogens is 1. The van der Waals surface area contributed by atoms with Gasteiger partial charge in [-0.15, -0.1) is 5.10 Å². The van der Waals surface area contributed by atoms with E-state index in [1.807, 2.05) is 0 Å². The van der Waals surface area contributed by atoms with E-state index in [1.54, 1.807) is 4.68 Å². The molecule has 0 spiro atoms. The summed E-state index contributed by atoms with van der Waals surface area (Å²) >= 11 is 0. The van der Waals surface area contributed by atoms with Crippen LogP contribution in [0.2, 0.25) is 0 Å². The first-order valence-electron chi connectivity index (χ1n) is 8.29. The van der Waals surface area contributed by atoms with Crippen LogP contribution in [0.5, 0.6) is 0 Å². The molecule has 134 valence electrons. The first kappa shape index (κ1) is 16.6. The highest BCUT2D eigenvalue weighted by Crippen LogP contribution is 2.29. The van der Waals surface area contributed by atoms with Gasteiger partial charge < -0.3 is 4.74 Å². The largest absolute Gasteiger partial charge is 0.375 e. The first-order chi connectivity index (χ1) is 12.0. The lowest BCUT2D eigenvalue weighted by Gasteiger charge is -2.27. The molecule has 0 unspecified atom stereocenters. The predicted octanol–water partition coefficient (Wildman–Crippen LogP) is 1.55. The smallest absolute Gasteiger partial charge is 0.243 e. The molecule has 0 radical (unpaired) electrons. The summed E-state index contributed by atoms with van der Waals surface area (Å²) in [5, 5.41) is 8.20. The molecular weight excluding hydrogens is 347 g/mol. The normalized spacial score (nSPS) is 18.3. The molecule has 2 aliphatic rings. The molecule has 2 heterocycles. The second-order valence-corrected chi connectivity index (χ2v) is 8.40. The quantitative estimate of drug-likeness (QED) is 0.775. The Morgan fingerprint density at radius 1 is 1.28 bits per heavy atom. The molecule has 1 aromatic carbocycles. The maximum Gasteiger partial charge on any atom is 0.243 e. The number of aromatic nitrogens is 3. The van der Waals surface area contributed by atoms with E-state index in [0.717, 1.165) is 11.8 Å². The van der Waals surface area contributed by atoms with E-state index >= 15 is 0 Å². The molecule has 4 rings (SSSR count). The van der Waals surface area contributed by atoms with E-state index < -0.39 is 15.8 Å². The van der Waals surface area contributed by atoms with Crippen molar-refractivity contribution >= 4 is 10.0 Å². The number of fused-ring (bicyclic) bond motifs is 1. The van der Waals surface area contributed by atoms with Crippen molar-refractivity contribution in [2.45, 2.75) is 37.4 Å². The number of sulfonamides is 1. The van der Waals surface area contributed by atoms with E-state index in [1.165, 1.54) is 35.3 Å². The topological polar surface area (TPSA) is 77.3 Å². The summed E-state index contributed by atoms with van der Waals surface area (Å²) in [6.45, 7) is 1.89. The maximum atomic E-state index is 13.4. The van der Waals surface area contributed by atoms with Crippen LogP contribution in [-0.4, -0.2) is 40.9 Å². The van der Waals surface area contributed by atoms with Gasteiger partial charge in [-0.2, -0.15) is 4.31 Å². The number of nitrogens with zero attached hydrogens (tertiary/aromatic N) is 4. The summed E-state index contributed by atoms with van der Waals surface area (Å²) in [5.74, 6) is 0.0789. The molecule has 2 aromatic rings. The molecule has 0 saturated heterocycles. The number of rotatable bonds is 6. The summed E-state index contributed by atoms with van der Waals surface area (Å²) in [6.07, 6.45) is 2.42. The van der Waals surface area contributed by atoms with Crippen molar-refractivity contribution in [3.63, 3.8) is 0 Å². The van der Waals surface area contributed by atoms with Gasteiger partial charge in [0.2, 0.25) is 10.0 Å². The van der Waals surface area contributed by atoms with Gasteiger partial charge >= 0.3 is 0 Å². The average molecular weight is 366 g/mol.